The number of fused-ring (bicyclic) bond motifs is 4. The largest absolute Gasteiger partial charge is 0.481 e. The zero-order valence-corrected chi connectivity index (χ0v) is 17.1. The second-order valence-corrected chi connectivity index (χ2v) is 8.25. The van der Waals surface area contributed by atoms with Crippen molar-refractivity contribution in [2.45, 2.75) is 30.8 Å². The van der Waals surface area contributed by atoms with Crippen LogP contribution in [0.5, 0.6) is 0 Å². The summed E-state index contributed by atoms with van der Waals surface area (Å²) in [5, 5.41) is 15.5. The van der Waals surface area contributed by atoms with Gasteiger partial charge in [-0.05, 0) is 31.0 Å². The maximum absolute atomic E-state index is 13.4. The Hall–Kier alpha value is -2.49. The number of benzene rings is 1. The summed E-state index contributed by atoms with van der Waals surface area (Å²) in [6, 6.07) is 4.27. The van der Waals surface area contributed by atoms with Crippen LogP contribution in [0.3, 0.4) is 0 Å². The van der Waals surface area contributed by atoms with Crippen LogP contribution in [-0.2, 0) is 29.5 Å². The van der Waals surface area contributed by atoms with E-state index in [1.807, 2.05) is 0 Å². The first-order valence-corrected chi connectivity index (χ1v) is 10.1. The molecule has 3 N–H and O–H groups in total. The highest BCUT2D eigenvalue weighted by molar-refractivity contribution is 6.31. The minimum absolute atomic E-state index is 0.117. The van der Waals surface area contributed by atoms with Gasteiger partial charge < -0.3 is 15.2 Å². The van der Waals surface area contributed by atoms with Gasteiger partial charge in [0.15, 0.2) is 0 Å². The van der Waals surface area contributed by atoms with Crippen LogP contribution in [-0.4, -0.2) is 60.0 Å². The van der Waals surface area contributed by atoms with E-state index in [1.165, 1.54) is 12.0 Å². The molecule has 2 saturated heterocycles. The van der Waals surface area contributed by atoms with Crippen molar-refractivity contribution >= 4 is 41.0 Å². The highest BCUT2D eigenvalue weighted by Gasteiger charge is 2.70. The number of halogens is 1. The van der Waals surface area contributed by atoms with Crippen molar-refractivity contribution in [1.29, 1.82) is 0 Å². The smallest absolute Gasteiger partial charge is 0.303 e. The van der Waals surface area contributed by atoms with Crippen LogP contribution in [0.4, 0.5) is 5.69 Å². The molecule has 3 aliphatic rings. The van der Waals surface area contributed by atoms with Crippen molar-refractivity contribution in [2.75, 3.05) is 25.6 Å². The molecule has 30 heavy (non-hydrogen) atoms. The second kappa shape index (κ2) is 7.64. The first kappa shape index (κ1) is 20.8. The van der Waals surface area contributed by atoms with Gasteiger partial charge in [0.25, 0.3) is 0 Å². The van der Waals surface area contributed by atoms with E-state index in [-0.39, 0.29) is 25.3 Å². The Labute approximate surface area is 177 Å². The molecule has 3 amide bonds. The lowest BCUT2D eigenvalue weighted by molar-refractivity contribution is -0.143. The van der Waals surface area contributed by atoms with Crippen molar-refractivity contribution in [3.05, 3.63) is 28.8 Å². The van der Waals surface area contributed by atoms with E-state index in [0.717, 1.165) is 0 Å². The summed E-state index contributed by atoms with van der Waals surface area (Å²) < 4.78 is 5.02. The predicted molar refractivity (Wildman–Crippen MR) is 106 cm³/mol. The molecule has 160 valence electrons. The number of nitrogens with zero attached hydrogens (tertiary/aromatic N) is 1. The number of rotatable bonds is 7. The number of anilines is 1. The summed E-state index contributed by atoms with van der Waals surface area (Å²) in [5.74, 6) is -4.06. The number of carboxylic acid groups (broad SMARTS) is 1. The van der Waals surface area contributed by atoms with Gasteiger partial charge in [0.1, 0.15) is 5.54 Å². The quantitative estimate of drug-likeness (QED) is 0.430. The number of aliphatic carboxylic acids is 1. The molecule has 1 spiro atoms. The average molecular weight is 436 g/mol. The number of hydrogen-bond acceptors (Lipinski definition) is 6. The molecule has 4 unspecified atom stereocenters. The predicted octanol–water partition coefficient (Wildman–Crippen LogP) is 0.962. The van der Waals surface area contributed by atoms with Crippen LogP contribution in [0.1, 0.15) is 24.8 Å². The summed E-state index contributed by atoms with van der Waals surface area (Å²) in [7, 11) is 1.53. The Morgan fingerprint density at radius 3 is 2.77 bits per heavy atom. The van der Waals surface area contributed by atoms with E-state index in [9.17, 15) is 19.2 Å². The standard InChI is InChI=1S/C20H22ClN3O6/c1-30-8-2-7-24-17(27)15-13(5-6-14(25)26)23-20(16(15)18(24)28)11-9-10(21)3-4-12(11)22-19(20)29/h3-4,9,13,15-16,23H,2,5-8H2,1H3,(H,22,29)(H,25,26). The van der Waals surface area contributed by atoms with Gasteiger partial charge in [-0.1, -0.05) is 11.6 Å². The minimum atomic E-state index is -1.46. The van der Waals surface area contributed by atoms with Crippen LogP contribution >= 0.6 is 11.6 Å². The minimum Gasteiger partial charge on any atom is -0.481 e. The van der Waals surface area contributed by atoms with Crippen LogP contribution in [0.2, 0.25) is 5.02 Å². The SMILES string of the molecule is COCCCN1C(=O)C2C(CCC(=O)O)NC3(C(=O)Nc4ccc(Cl)cc43)C2C1=O. The van der Waals surface area contributed by atoms with Crippen LogP contribution in [0.25, 0.3) is 0 Å². The normalized spacial score (nSPS) is 29.5. The van der Waals surface area contributed by atoms with Gasteiger partial charge in [0.05, 0.1) is 11.8 Å². The summed E-state index contributed by atoms with van der Waals surface area (Å²) in [6.45, 7) is 0.571. The third-order valence-electron chi connectivity index (χ3n) is 6.17. The molecule has 0 radical (unpaired) electrons. The van der Waals surface area contributed by atoms with Gasteiger partial charge in [-0.3, -0.25) is 29.4 Å². The summed E-state index contributed by atoms with van der Waals surface area (Å²) >= 11 is 6.17. The molecule has 0 aromatic heterocycles. The zero-order chi connectivity index (χ0) is 21.6. The first-order chi connectivity index (χ1) is 14.3. The highest BCUT2D eigenvalue weighted by Crippen LogP contribution is 2.53. The summed E-state index contributed by atoms with van der Waals surface area (Å²) in [5.41, 5.74) is -0.433. The monoisotopic (exact) mass is 435 g/mol. The molecule has 3 heterocycles. The van der Waals surface area contributed by atoms with E-state index in [0.29, 0.717) is 29.3 Å². The number of amides is 3. The van der Waals surface area contributed by atoms with E-state index >= 15 is 0 Å². The number of hydrogen-bond donors (Lipinski definition) is 3. The van der Waals surface area contributed by atoms with Gasteiger partial charge in [-0.15, -0.1) is 0 Å². The number of likely N-dealkylation sites (tertiary alicyclic amines) is 1. The number of ether oxygens (including phenoxy) is 1. The third kappa shape index (κ3) is 3.00. The average Bonchev–Trinajstić information content (AvgIpc) is 3.27. The topological polar surface area (TPSA) is 125 Å². The maximum Gasteiger partial charge on any atom is 0.303 e. The number of imide groups is 1. The molecule has 1 aromatic rings. The van der Waals surface area contributed by atoms with Crippen molar-refractivity contribution in [2.24, 2.45) is 11.8 Å². The lowest BCUT2D eigenvalue weighted by Crippen LogP contribution is -2.53. The summed E-state index contributed by atoms with van der Waals surface area (Å²) in [6.07, 6.45) is 0.404. The van der Waals surface area contributed by atoms with Crippen molar-refractivity contribution < 1.29 is 29.0 Å². The van der Waals surface area contributed by atoms with E-state index in [1.54, 1.807) is 18.2 Å². The van der Waals surface area contributed by atoms with Crippen LogP contribution in [0, 0.1) is 11.8 Å². The van der Waals surface area contributed by atoms with Crippen LogP contribution in [0.15, 0.2) is 18.2 Å². The number of carboxylic acids is 1. The van der Waals surface area contributed by atoms with Crippen molar-refractivity contribution in [1.82, 2.24) is 10.2 Å². The molecule has 0 bridgehead atoms. The molecule has 0 saturated carbocycles. The van der Waals surface area contributed by atoms with Gasteiger partial charge >= 0.3 is 5.97 Å². The molecule has 1 aromatic carbocycles. The molecule has 4 atom stereocenters. The molecule has 4 rings (SSSR count). The summed E-state index contributed by atoms with van der Waals surface area (Å²) in [4.78, 5) is 52.1. The highest BCUT2D eigenvalue weighted by atomic mass is 35.5. The van der Waals surface area contributed by atoms with E-state index < -0.39 is 41.2 Å². The number of nitrogens with one attached hydrogen (secondary N) is 2. The van der Waals surface area contributed by atoms with Gasteiger partial charge in [0, 0.05) is 49.0 Å². The molecule has 0 aliphatic carbocycles. The van der Waals surface area contributed by atoms with Gasteiger partial charge in [0.2, 0.25) is 17.7 Å². The number of methoxy groups -OCH3 is 1. The third-order valence-corrected chi connectivity index (χ3v) is 6.40. The fourth-order valence-corrected chi connectivity index (χ4v) is 5.12. The Morgan fingerprint density at radius 2 is 2.07 bits per heavy atom. The fraction of sp³-hybridized carbons (Fsp3) is 0.500. The Kier molecular flexibility index (Phi) is 5.29. The zero-order valence-electron chi connectivity index (χ0n) is 16.3. The van der Waals surface area contributed by atoms with Crippen molar-refractivity contribution in [3.63, 3.8) is 0 Å². The molecule has 9 nitrogen and oxygen atoms in total. The van der Waals surface area contributed by atoms with Gasteiger partial charge in [-0.25, -0.2) is 0 Å². The molecular weight excluding hydrogens is 414 g/mol. The number of carbonyl (C=O) groups is 4. The van der Waals surface area contributed by atoms with E-state index in [2.05, 4.69) is 10.6 Å². The number of carbonyl (C=O) groups excluding carboxylic acids is 3. The molecule has 2 fully saturated rings. The molecule has 3 aliphatic heterocycles. The second-order valence-electron chi connectivity index (χ2n) is 7.81. The lowest BCUT2D eigenvalue weighted by Gasteiger charge is -2.29. The maximum atomic E-state index is 13.4. The molecule has 10 heteroatoms. The Balaban J connectivity index is 1.77. The fourth-order valence-electron chi connectivity index (χ4n) is 4.95. The van der Waals surface area contributed by atoms with E-state index in [4.69, 9.17) is 21.4 Å². The molecular formula is C20H22ClN3O6. The first-order valence-electron chi connectivity index (χ1n) is 9.76. The van der Waals surface area contributed by atoms with Gasteiger partial charge in [-0.2, -0.15) is 0 Å². The Bertz CT molecular complexity index is 937. The Morgan fingerprint density at radius 1 is 1.30 bits per heavy atom. The van der Waals surface area contributed by atoms with Crippen molar-refractivity contribution in [3.8, 4) is 0 Å². The lowest BCUT2D eigenvalue weighted by atomic mass is 9.76. The van der Waals surface area contributed by atoms with Crippen LogP contribution < -0.4 is 10.6 Å².